The van der Waals surface area contributed by atoms with E-state index in [-0.39, 0.29) is 11.5 Å². The van der Waals surface area contributed by atoms with Crippen molar-refractivity contribution in [1.29, 1.82) is 0 Å². The van der Waals surface area contributed by atoms with Crippen LogP contribution in [-0.2, 0) is 22.4 Å². The number of unbranched alkanes of at least 4 members (excludes halogenated alkanes) is 2. The number of rotatable bonds is 12. The largest absolute Gasteiger partial charge is 0.508 e. The smallest absolute Gasteiger partial charge is 0.309 e. The monoisotopic (exact) mass is 394 g/mol. The highest BCUT2D eigenvalue weighted by molar-refractivity contribution is 5.73. The summed E-state index contributed by atoms with van der Waals surface area (Å²) in [5, 5.41) is 38.7. The van der Waals surface area contributed by atoms with Crippen LogP contribution < -0.4 is 0 Å². The first kappa shape index (κ1) is 23.8. The van der Waals surface area contributed by atoms with Gasteiger partial charge in [-0.1, -0.05) is 12.8 Å². The van der Waals surface area contributed by atoms with Crippen LogP contribution in [0.15, 0.2) is 12.1 Å². The Labute approximate surface area is 167 Å². The molecule has 6 nitrogen and oxygen atoms in total. The van der Waals surface area contributed by atoms with Gasteiger partial charge < -0.3 is 20.4 Å². The van der Waals surface area contributed by atoms with E-state index in [0.717, 1.165) is 25.7 Å². The Hall–Kier alpha value is -2.24. The second kappa shape index (κ2) is 9.80. The molecule has 0 bridgehead atoms. The topological polar surface area (TPSA) is 115 Å². The number of phenolic OH excluding ortho intramolecular Hbond substituents is 2. The number of aromatic hydroxyl groups is 2. The number of hydrogen-bond acceptors (Lipinski definition) is 4. The molecule has 0 spiro atoms. The van der Waals surface area contributed by atoms with Crippen molar-refractivity contribution < 1.29 is 30.0 Å². The Balaban J connectivity index is 2.53. The van der Waals surface area contributed by atoms with Crippen molar-refractivity contribution in [3.05, 3.63) is 23.3 Å². The molecule has 0 aliphatic heterocycles. The SMILES string of the molecule is CC(C)(CCCCc1cc(O)c(CCCCC(C)(C)C(=O)O)cc1O)C(=O)O. The number of benzene rings is 1. The Kier molecular flexibility index (Phi) is 8.33. The zero-order chi connectivity index (χ0) is 21.5. The van der Waals surface area contributed by atoms with Crippen molar-refractivity contribution in [2.45, 2.75) is 79.1 Å². The van der Waals surface area contributed by atoms with Crippen molar-refractivity contribution in [3.8, 4) is 11.5 Å². The molecule has 1 aromatic rings. The molecule has 0 aromatic heterocycles. The van der Waals surface area contributed by atoms with Gasteiger partial charge >= 0.3 is 11.9 Å². The van der Waals surface area contributed by atoms with Gasteiger partial charge in [0, 0.05) is 0 Å². The van der Waals surface area contributed by atoms with Gasteiger partial charge in [-0.05, 0) is 89.5 Å². The lowest BCUT2D eigenvalue weighted by molar-refractivity contribution is -0.148. The van der Waals surface area contributed by atoms with Crippen LogP contribution in [0.3, 0.4) is 0 Å². The molecule has 0 saturated heterocycles. The van der Waals surface area contributed by atoms with Crippen molar-refractivity contribution in [3.63, 3.8) is 0 Å². The summed E-state index contributed by atoms with van der Waals surface area (Å²) >= 11 is 0. The molecule has 0 radical (unpaired) electrons. The highest BCUT2D eigenvalue weighted by Gasteiger charge is 2.27. The number of aliphatic carboxylic acids is 2. The van der Waals surface area contributed by atoms with E-state index < -0.39 is 22.8 Å². The maximum absolute atomic E-state index is 11.1. The molecule has 28 heavy (non-hydrogen) atoms. The quantitative estimate of drug-likeness (QED) is 0.300. The summed E-state index contributed by atoms with van der Waals surface area (Å²) in [5.41, 5.74) is -0.213. The third-order valence-electron chi connectivity index (χ3n) is 5.43. The van der Waals surface area contributed by atoms with Gasteiger partial charge in [-0.25, -0.2) is 0 Å². The molecular formula is C22H34O6. The number of phenols is 2. The van der Waals surface area contributed by atoms with Crippen LogP contribution in [-0.4, -0.2) is 32.4 Å². The molecule has 6 heteroatoms. The molecule has 0 fully saturated rings. The van der Waals surface area contributed by atoms with Gasteiger partial charge in [0.2, 0.25) is 0 Å². The molecule has 0 aliphatic rings. The van der Waals surface area contributed by atoms with E-state index in [9.17, 15) is 19.8 Å². The number of aryl methyl sites for hydroxylation is 2. The maximum atomic E-state index is 11.1. The van der Waals surface area contributed by atoms with Crippen molar-refractivity contribution in [2.75, 3.05) is 0 Å². The first-order chi connectivity index (χ1) is 12.9. The van der Waals surface area contributed by atoms with Crippen LogP contribution in [0.4, 0.5) is 0 Å². The lowest BCUT2D eigenvalue weighted by atomic mass is 9.86. The van der Waals surface area contributed by atoms with Gasteiger partial charge in [-0.2, -0.15) is 0 Å². The maximum Gasteiger partial charge on any atom is 0.309 e. The predicted octanol–water partition coefficient (Wildman–Crippen LogP) is 4.75. The molecule has 0 atom stereocenters. The lowest BCUT2D eigenvalue weighted by Gasteiger charge is -2.19. The third-order valence-corrected chi connectivity index (χ3v) is 5.43. The fourth-order valence-electron chi connectivity index (χ4n) is 3.04. The molecule has 0 saturated carbocycles. The number of carboxylic acid groups (broad SMARTS) is 2. The van der Waals surface area contributed by atoms with Gasteiger partial charge in [0.1, 0.15) is 11.5 Å². The van der Waals surface area contributed by atoms with Gasteiger partial charge in [0.15, 0.2) is 0 Å². The Morgan fingerprint density at radius 1 is 0.714 bits per heavy atom. The molecule has 1 aromatic carbocycles. The lowest BCUT2D eigenvalue weighted by Crippen LogP contribution is -2.23. The van der Waals surface area contributed by atoms with Gasteiger partial charge in [-0.15, -0.1) is 0 Å². The second-order valence-electron chi connectivity index (χ2n) is 8.90. The molecule has 0 amide bonds. The van der Waals surface area contributed by atoms with Crippen LogP contribution in [0.1, 0.15) is 77.3 Å². The van der Waals surface area contributed by atoms with Crippen LogP contribution in [0.2, 0.25) is 0 Å². The zero-order valence-electron chi connectivity index (χ0n) is 17.4. The Morgan fingerprint density at radius 3 is 1.32 bits per heavy atom. The third kappa shape index (κ3) is 7.06. The molecule has 1 rings (SSSR count). The summed E-state index contributed by atoms with van der Waals surface area (Å²) in [7, 11) is 0. The fraction of sp³-hybridized carbons (Fsp3) is 0.636. The first-order valence-electron chi connectivity index (χ1n) is 9.87. The summed E-state index contributed by atoms with van der Waals surface area (Å²) in [6.45, 7) is 6.80. The van der Waals surface area contributed by atoms with Crippen LogP contribution in [0.25, 0.3) is 0 Å². The van der Waals surface area contributed by atoms with Crippen LogP contribution in [0.5, 0.6) is 11.5 Å². The van der Waals surface area contributed by atoms with E-state index in [1.54, 1.807) is 39.8 Å². The fourth-order valence-corrected chi connectivity index (χ4v) is 3.04. The minimum absolute atomic E-state index is 0.135. The number of carbonyl (C=O) groups is 2. The summed E-state index contributed by atoms with van der Waals surface area (Å²) < 4.78 is 0. The highest BCUT2D eigenvalue weighted by atomic mass is 16.4. The van der Waals surface area contributed by atoms with Crippen molar-refractivity contribution >= 4 is 11.9 Å². The Bertz CT molecular complexity index is 631. The number of hydrogen-bond donors (Lipinski definition) is 4. The van der Waals surface area contributed by atoms with E-state index >= 15 is 0 Å². The first-order valence-corrected chi connectivity index (χ1v) is 9.87. The van der Waals surface area contributed by atoms with E-state index in [1.165, 1.54) is 0 Å². The van der Waals surface area contributed by atoms with Crippen LogP contribution >= 0.6 is 0 Å². The molecular weight excluding hydrogens is 360 g/mol. The zero-order valence-corrected chi connectivity index (χ0v) is 17.4. The molecule has 0 aliphatic carbocycles. The average Bonchev–Trinajstić information content (AvgIpc) is 2.58. The van der Waals surface area contributed by atoms with Crippen molar-refractivity contribution in [1.82, 2.24) is 0 Å². The van der Waals surface area contributed by atoms with E-state index in [2.05, 4.69) is 0 Å². The van der Waals surface area contributed by atoms with E-state index in [0.29, 0.717) is 36.8 Å². The summed E-state index contributed by atoms with van der Waals surface area (Å²) in [5.74, 6) is -1.36. The van der Waals surface area contributed by atoms with Gasteiger partial charge in [0.05, 0.1) is 10.8 Å². The number of carboxylic acids is 2. The molecule has 4 N–H and O–H groups in total. The van der Waals surface area contributed by atoms with Crippen molar-refractivity contribution in [2.24, 2.45) is 10.8 Å². The minimum Gasteiger partial charge on any atom is -0.508 e. The average molecular weight is 395 g/mol. The summed E-state index contributed by atoms with van der Waals surface area (Å²) in [6, 6.07) is 3.16. The van der Waals surface area contributed by atoms with Gasteiger partial charge in [-0.3, -0.25) is 9.59 Å². The minimum atomic E-state index is -0.816. The van der Waals surface area contributed by atoms with E-state index in [1.807, 2.05) is 0 Å². The normalized spacial score (nSPS) is 12.1. The molecule has 0 heterocycles. The molecule has 0 unspecified atom stereocenters. The van der Waals surface area contributed by atoms with Gasteiger partial charge in [0.25, 0.3) is 0 Å². The molecule has 158 valence electrons. The Morgan fingerprint density at radius 2 is 1.04 bits per heavy atom. The predicted molar refractivity (Wildman–Crippen MR) is 108 cm³/mol. The summed E-state index contributed by atoms with van der Waals surface area (Å²) in [4.78, 5) is 22.2. The van der Waals surface area contributed by atoms with Crippen LogP contribution in [0, 0.1) is 10.8 Å². The summed E-state index contributed by atoms with van der Waals surface area (Å²) in [6.07, 6.45) is 5.16. The van der Waals surface area contributed by atoms with E-state index in [4.69, 9.17) is 10.2 Å². The second-order valence-corrected chi connectivity index (χ2v) is 8.90. The standard InChI is InChI=1S/C22H34O6/c1-21(2,19(25)26)11-7-5-9-15-13-18(24)16(14-17(15)23)10-6-8-12-22(3,4)20(27)28/h13-14,23-24H,5-12H2,1-4H3,(H,25,26)(H,27,28). The highest BCUT2D eigenvalue weighted by Crippen LogP contribution is 2.31.